The molecule has 2 atom stereocenters. The second-order valence-electron chi connectivity index (χ2n) is 5.82. The van der Waals surface area contributed by atoms with Gasteiger partial charge in [-0.05, 0) is 42.6 Å². The van der Waals surface area contributed by atoms with Crippen molar-refractivity contribution in [1.82, 2.24) is 0 Å². The van der Waals surface area contributed by atoms with E-state index in [-0.39, 0.29) is 17.4 Å². The predicted molar refractivity (Wildman–Crippen MR) is 77.5 cm³/mol. The van der Waals surface area contributed by atoms with Gasteiger partial charge in [-0.1, -0.05) is 40.0 Å². The van der Waals surface area contributed by atoms with Gasteiger partial charge in [0.1, 0.15) is 5.57 Å². The van der Waals surface area contributed by atoms with Gasteiger partial charge in [-0.15, -0.1) is 0 Å². The number of aliphatic carboxylic acids is 2. The van der Waals surface area contributed by atoms with Gasteiger partial charge in [0.25, 0.3) is 0 Å². The van der Waals surface area contributed by atoms with Crippen molar-refractivity contribution in [3.05, 3.63) is 11.1 Å². The van der Waals surface area contributed by atoms with E-state index in [9.17, 15) is 19.8 Å². The van der Waals surface area contributed by atoms with E-state index < -0.39 is 11.9 Å². The van der Waals surface area contributed by atoms with Gasteiger partial charge in [0.05, 0.1) is 0 Å². The number of hydrogen-bond acceptors (Lipinski definition) is 2. The minimum atomic E-state index is -1.29. The molecule has 1 saturated carbocycles. The van der Waals surface area contributed by atoms with Gasteiger partial charge in [0, 0.05) is 0 Å². The number of rotatable bonds is 6. The molecule has 0 aromatic heterocycles. The summed E-state index contributed by atoms with van der Waals surface area (Å²) in [6.45, 7) is 6.12. The maximum absolute atomic E-state index is 11.4. The highest BCUT2D eigenvalue weighted by atomic mass is 16.4. The van der Waals surface area contributed by atoms with E-state index >= 15 is 0 Å². The molecule has 1 aliphatic rings. The molecule has 2 N–H and O–H groups in total. The number of carboxylic acid groups (broad SMARTS) is 2. The van der Waals surface area contributed by atoms with E-state index in [0.717, 1.165) is 38.5 Å². The minimum absolute atomic E-state index is 0.0581. The Morgan fingerprint density at radius 1 is 1.05 bits per heavy atom. The van der Waals surface area contributed by atoms with Crippen LogP contribution in [0.15, 0.2) is 11.1 Å². The molecule has 0 amide bonds. The first-order valence-corrected chi connectivity index (χ1v) is 7.64. The standard InChI is InChI=1S/C16H26O4/c1-4-11(5-2)13(14(15(17)18)16(19)20)12-9-7-6-8-10(12)3/h10-12H,4-9H2,1-3H3,(H,17,18)(H,19,20). The summed E-state index contributed by atoms with van der Waals surface area (Å²) < 4.78 is 0. The van der Waals surface area contributed by atoms with E-state index in [2.05, 4.69) is 6.92 Å². The molecule has 0 aromatic carbocycles. The number of allylic oxidation sites excluding steroid dienone is 1. The zero-order valence-electron chi connectivity index (χ0n) is 12.7. The van der Waals surface area contributed by atoms with Crippen molar-refractivity contribution in [3.63, 3.8) is 0 Å². The van der Waals surface area contributed by atoms with Crippen LogP contribution in [0.25, 0.3) is 0 Å². The summed E-state index contributed by atoms with van der Waals surface area (Å²) in [6.07, 6.45) is 5.77. The maximum atomic E-state index is 11.4. The smallest absolute Gasteiger partial charge is 0.343 e. The van der Waals surface area contributed by atoms with Gasteiger partial charge in [-0.25, -0.2) is 9.59 Å². The fourth-order valence-electron chi connectivity index (χ4n) is 3.54. The van der Waals surface area contributed by atoms with Crippen molar-refractivity contribution in [3.8, 4) is 0 Å². The maximum Gasteiger partial charge on any atom is 0.343 e. The lowest BCUT2D eigenvalue weighted by Gasteiger charge is -2.35. The summed E-state index contributed by atoms with van der Waals surface area (Å²) in [4.78, 5) is 22.9. The molecule has 0 aromatic rings. The SMILES string of the molecule is CCC(CC)C(=C(C(=O)O)C(=O)O)C1CCCCC1C. The molecule has 2 unspecified atom stereocenters. The Bertz CT molecular complexity index is 377. The zero-order valence-corrected chi connectivity index (χ0v) is 12.7. The molecule has 0 saturated heterocycles. The molecule has 1 fully saturated rings. The normalized spacial score (nSPS) is 22.6. The second-order valence-corrected chi connectivity index (χ2v) is 5.82. The largest absolute Gasteiger partial charge is 0.477 e. The van der Waals surface area contributed by atoms with Crippen LogP contribution in [0, 0.1) is 17.8 Å². The van der Waals surface area contributed by atoms with Gasteiger partial charge in [0.15, 0.2) is 0 Å². The molecule has 0 bridgehead atoms. The summed E-state index contributed by atoms with van der Waals surface area (Å²) >= 11 is 0. The third kappa shape index (κ3) is 3.62. The molecule has 20 heavy (non-hydrogen) atoms. The Hall–Kier alpha value is -1.32. The lowest BCUT2D eigenvalue weighted by atomic mass is 9.70. The van der Waals surface area contributed by atoms with Crippen LogP contribution in [-0.4, -0.2) is 22.2 Å². The van der Waals surface area contributed by atoms with E-state index in [1.165, 1.54) is 0 Å². The summed E-state index contributed by atoms with van der Waals surface area (Å²) in [5.41, 5.74) is 0.305. The van der Waals surface area contributed by atoms with Crippen molar-refractivity contribution in [2.24, 2.45) is 17.8 Å². The summed E-state index contributed by atoms with van der Waals surface area (Å²) in [6, 6.07) is 0. The van der Waals surface area contributed by atoms with Crippen LogP contribution in [-0.2, 0) is 9.59 Å². The predicted octanol–water partition coefficient (Wildman–Crippen LogP) is 3.71. The Balaban J connectivity index is 3.35. The third-order valence-corrected chi connectivity index (χ3v) is 4.65. The van der Waals surface area contributed by atoms with Gasteiger partial charge in [0.2, 0.25) is 0 Å². The molecular formula is C16H26O4. The van der Waals surface area contributed by atoms with Crippen molar-refractivity contribution < 1.29 is 19.8 Å². The van der Waals surface area contributed by atoms with Gasteiger partial charge in [-0.3, -0.25) is 0 Å². The van der Waals surface area contributed by atoms with E-state index in [4.69, 9.17) is 0 Å². The molecule has 1 aliphatic carbocycles. The quantitative estimate of drug-likeness (QED) is 0.442. The van der Waals surface area contributed by atoms with Gasteiger partial charge in [-0.2, -0.15) is 0 Å². The average Bonchev–Trinajstić information content (AvgIpc) is 2.38. The summed E-state index contributed by atoms with van der Waals surface area (Å²) in [5, 5.41) is 18.7. The lowest BCUT2D eigenvalue weighted by molar-refractivity contribution is -0.140. The molecule has 4 nitrogen and oxygen atoms in total. The van der Waals surface area contributed by atoms with Crippen LogP contribution in [0.1, 0.15) is 59.3 Å². The highest BCUT2D eigenvalue weighted by molar-refractivity contribution is 6.13. The van der Waals surface area contributed by atoms with Crippen molar-refractivity contribution in [2.75, 3.05) is 0 Å². The first-order valence-electron chi connectivity index (χ1n) is 7.64. The van der Waals surface area contributed by atoms with Crippen LogP contribution in [0.3, 0.4) is 0 Å². The molecule has 0 heterocycles. The number of carboxylic acids is 2. The van der Waals surface area contributed by atoms with Crippen LogP contribution in [0.5, 0.6) is 0 Å². The van der Waals surface area contributed by atoms with Crippen LogP contribution < -0.4 is 0 Å². The molecule has 4 heteroatoms. The Morgan fingerprint density at radius 2 is 1.55 bits per heavy atom. The van der Waals surface area contributed by atoms with Gasteiger partial charge >= 0.3 is 11.9 Å². The molecule has 1 rings (SSSR count). The van der Waals surface area contributed by atoms with E-state index in [0.29, 0.717) is 11.5 Å². The lowest BCUT2D eigenvalue weighted by Crippen LogP contribution is -2.28. The highest BCUT2D eigenvalue weighted by Crippen LogP contribution is 2.41. The van der Waals surface area contributed by atoms with E-state index in [1.54, 1.807) is 0 Å². The molecular weight excluding hydrogens is 256 g/mol. The molecule has 0 aliphatic heterocycles. The first kappa shape index (κ1) is 16.7. The fourth-order valence-corrected chi connectivity index (χ4v) is 3.54. The van der Waals surface area contributed by atoms with Gasteiger partial charge < -0.3 is 10.2 Å². The van der Waals surface area contributed by atoms with Crippen molar-refractivity contribution in [1.29, 1.82) is 0 Å². The summed E-state index contributed by atoms with van der Waals surface area (Å²) in [7, 11) is 0. The second kappa shape index (κ2) is 7.46. The number of carbonyl (C=O) groups is 2. The fraction of sp³-hybridized carbons (Fsp3) is 0.750. The van der Waals surface area contributed by atoms with Crippen molar-refractivity contribution in [2.45, 2.75) is 59.3 Å². The molecule has 0 spiro atoms. The third-order valence-electron chi connectivity index (χ3n) is 4.65. The van der Waals surface area contributed by atoms with E-state index in [1.807, 2.05) is 13.8 Å². The Kier molecular flexibility index (Phi) is 6.24. The van der Waals surface area contributed by atoms with Crippen LogP contribution >= 0.6 is 0 Å². The van der Waals surface area contributed by atoms with Crippen molar-refractivity contribution >= 4 is 11.9 Å². The summed E-state index contributed by atoms with van der Waals surface area (Å²) in [5.74, 6) is -2.05. The minimum Gasteiger partial charge on any atom is -0.477 e. The molecule has 0 radical (unpaired) electrons. The Labute approximate surface area is 120 Å². The molecule has 114 valence electrons. The zero-order chi connectivity index (χ0) is 15.3. The first-order chi connectivity index (χ1) is 9.43. The highest BCUT2D eigenvalue weighted by Gasteiger charge is 2.34. The van der Waals surface area contributed by atoms with Crippen LogP contribution in [0.4, 0.5) is 0 Å². The monoisotopic (exact) mass is 282 g/mol. The topological polar surface area (TPSA) is 74.6 Å². The van der Waals surface area contributed by atoms with Crippen LogP contribution in [0.2, 0.25) is 0 Å². The Morgan fingerprint density at radius 3 is 1.95 bits per heavy atom. The average molecular weight is 282 g/mol. The number of hydrogen-bond donors (Lipinski definition) is 2.